The summed E-state index contributed by atoms with van der Waals surface area (Å²) in [6.07, 6.45) is 3.02. The lowest BCUT2D eigenvalue weighted by atomic mass is 9.66. The van der Waals surface area contributed by atoms with Gasteiger partial charge in [-0.1, -0.05) is 30.7 Å². The van der Waals surface area contributed by atoms with Crippen LogP contribution in [0.1, 0.15) is 55.4 Å². The maximum absolute atomic E-state index is 10.8. The lowest BCUT2D eigenvalue weighted by Gasteiger charge is -2.38. The fraction of sp³-hybridized carbons (Fsp3) is 0.588. The van der Waals surface area contributed by atoms with Crippen LogP contribution >= 0.6 is 0 Å². The fourth-order valence-electron chi connectivity index (χ4n) is 3.08. The highest BCUT2D eigenvalue weighted by molar-refractivity contribution is 5.34. The highest BCUT2D eigenvalue weighted by Gasteiger charge is 2.42. The first-order chi connectivity index (χ1) is 8.98. The van der Waals surface area contributed by atoms with Gasteiger partial charge in [0, 0.05) is 0 Å². The number of nitriles is 1. The van der Waals surface area contributed by atoms with Gasteiger partial charge in [0.15, 0.2) is 0 Å². The van der Waals surface area contributed by atoms with E-state index < -0.39 is 11.5 Å². The van der Waals surface area contributed by atoms with Gasteiger partial charge in [-0.05, 0) is 56.6 Å². The topological polar surface area (TPSA) is 44.0 Å². The van der Waals surface area contributed by atoms with Crippen molar-refractivity contribution in [2.24, 2.45) is 11.3 Å². The predicted molar refractivity (Wildman–Crippen MR) is 76.6 cm³/mol. The second-order valence-electron chi connectivity index (χ2n) is 6.21. The molecule has 1 unspecified atom stereocenters. The third-order valence-corrected chi connectivity index (χ3v) is 4.64. The lowest BCUT2D eigenvalue weighted by Crippen LogP contribution is -2.32. The molecule has 2 rings (SSSR count). The zero-order chi connectivity index (χ0) is 14.0. The second kappa shape index (κ2) is 5.35. The second-order valence-corrected chi connectivity index (χ2v) is 6.21. The Balaban J connectivity index is 2.33. The minimum Gasteiger partial charge on any atom is -0.387 e. The molecule has 1 fully saturated rings. The molecule has 1 aliphatic carbocycles. The number of aliphatic hydroxyl groups excluding tert-OH is 1. The highest BCUT2D eigenvalue weighted by Crippen LogP contribution is 2.47. The molecular weight excluding hydrogens is 234 g/mol. The first-order valence-electron chi connectivity index (χ1n) is 7.15. The molecule has 102 valence electrons. The van der Waals surface area contributed by atoms with Crippen LogP contribution < -0.4 is 0 Å². The summed E-state index contributed by atoms with van der Waals surface area (Å²) in [7, 11) is 0. The summed E-state index contributed by atoms with van der Waals surface area (Å²) >= 11 is 0. The molecule has 0 bridgehead atoms. The van der Waals surface area contributed by atoms with Crippen LogP contribution in [-0.2, 0) is 0 Å². The van der Waals surface area contributed by atoms with Crippen molar-refractivity contribution in [2.45, 2.75) is 52.6 Å². The van der Waals surface area contributed by atoms with E-state index in [1.54, 1.807) is 0 Å². The van der Waals surface area contributed by atoms with Gasteiger partial charge in [-0.2, -0.15) is 5.26 Å². The van der Waals surface area contributed by atoms with Crippen LogP contribution in [0.3, 0.4) is 0 Å². The molecule has 0 aromatic heterocycles. The van der Waals surface area contributed by atoms with Crippen molar-refractivity contribution in [1.82, 2.24) is 0 Å². The van der Waals surface area contributed by atoms with Crippen molar-refractivity contribution >= 4 is 0 Å². The van der Waals surface area contributed by atoms with Crippen LogP contribution in [-0.4, -0.2) is 5.11 Å². The molecule has 1 aromatic rings. The van der Waals surface area contributed by atoms with E-state index in [0.717, 1.165) is 42.4 Å². The van der Waals surface area contributed by atoms with E-state index in [0.29, 0.717) is 5.92 Å². The number of nitrogens with zero attached hydrogens (tertiary/aromatic N) is 1. The molecule has 0 radical (unpaired) electrons. The van der Waals surface area contributed by atoms with Gasteiger partial charge in [0.25, 0.3) is 0 Å². The molecule has 0 saturated heterocycles. The summed E-state index contributed by atoms with van der Waals surface area (Å²) in [5.41, 5.74) is 2.55. The summed E-state index contributed by atoms with van der Waals surface area (Å²) in [6.45, 7) is 6.26. The number of rotatable bonds is 2. The van der Waals surface area contributed by atoms with Gasteiger partial charge in [0.1, 0.15) is 0 Å². The molecule has 0 aliphatic heterocycles. The smallest absolute Gasteiger partial charge is 0.0978 e. The zero-order valence-corrected chi connectivity index (χ0v) is 12.1. The third-order valence-electron chi connectivity index (χ3n) is 4.64. The molecule has 1 atom stereocenters. The van der Waals surface area contributed by atoms with E-state index >= 15 is 0 Å². The van der Waals surface area contributed by atoms with Crippen molar-refractivity contribution in [3.8, 4) is 6.07 Å². The summed E-state index contributed by atoms with van der Waals surface area (Å²) < 4.78 is 0. The third kappa shape index (κ3) is 2.67. The average Bonchev–Trinajstić information content (AvgIpc) is 2.42. The van der Waals surface area contributed by atoms with Gasteiger partial charge in [-0.15, -0.1) is 0 Å². The Morgan fingerprint density at radius 1 is 1.32 bits per heavy atom. The maximum Gasteiger partial charge on any atom is 0.0978 e. The van der Waals surface area contributed by atoms with Crippen molar-refractivity contribution < 1.29 is 5.11 Å². The predicted octanol–water partition coefficient (Wildman–Crippen LogP) is 4.06. The molecular formula is C17H23NO. The number of aliphatic hydroxyl groups is 1. The highest BCUT2D eigenvalue weighted by atomic mass is 16.3. The van der Waals surface area contributed by atoms with E-state index in [9.17, 15) is 10.4 Å². The van der Waals surface area contributed by atoms with Gasteiger partial charge in [-0.3, -0.25) is 0 Å². The van der Waals surface area contributed by atoms with E-state index in [2.05, 4.69) is 13.0 Å². The van der Waals surface area contributed by atoms with Crippen molar-refractivity contribution in [3.63, 3.8) is 0 Å². The van der Waals surface area contributed by atoms with Crippen LogP contribution in [0.15, 0.2) is 18.2 Å². The molecule has 2 nitrogen and oxygen atoms in total. The Kier molecular flexibility index (Phi) is 3.96. The minimum absolute atomic E-state index is 0.592. The standard InChI is InChI=1S/C17H23NO/c1-12-6-8-17(11-18,9-7-12)16(19)15-10-13(2)4-5-14(15)3/h4-5,10,12,16,19H,6-9H2,1-3H3. The molecule has 2 heteroatoms. The maximum atomic E-state index is 10.8. The average molecular weight is 257 g/mol. The molecule has 0 heterocycles. The fourth-order valence-corrected chi connectivity index (χ4v) is 3.08. The Morgan fingerprint density at radius 2 is 1.95 bits per heavy atom. The first-order valence-corrected chi connectivity index (χ1v) is 7.15. The number of hydrogen-bond acceptors (Lipinski definition) is 2. The number of hydrogen-bond donors (Lipinski definition) is 1. The van der Waals surface area contributed by atoms with Gasteiger partial charge < -0.3 is 5.11 Å². The minimum atomic E-state index is -0.662. The quantitative estimate of drug-likeness (QED) is 0.868. The van der Waals surface area contributed by atoms with E-state index in [1.165, 1.54) is 0 Å². The Morgan fingerprint density at radius 3 is 2.53 bits per heavy atom. The number of benzene rings is 1. The molecule has 1 aromatic carbocycles. The van der Waals surface area contributed by atoms with Gasteiger partial charge in [0.2, 0.25) is 0 Å². The molecule has 1 saturated carbocycles. The zero-order valence-electron chi connectivity index (χ0n) is 12.1. The summed E-state index contributed by atoms with van der Waals surface area (Å²) in [5.74, 6) is 0.673. The van der Waals surface area contributed by atoms with E-state index in [1.807, 2.05) is 32.0 Å². The van der Waals surface area contributed by atoms with Crippen molar-refractivity contribution in [2.75, 3.05) is 0 Å². The normalized spacial score (nSPS) is 28.7. The van der Waals surface area contributed by atoms with Gasteiger partial charge >= 0.3 is 0 Å². The summed E-state index contributed by atoms with van der Waals surface area (Å²) in [5, 5.41) is 20.4. The molecule has 19 heavy (non-hydrogen) atoms. The van der Waals surface area contributed by atoms with Crippen molar-refractivity contribution in [3.05, 3.63) is 34.9 Å². The van der Waals surface area contributed by atoms with Crippen LogP contribution in [0.5, 0.6) is 0 Å². The largest absolute Gasteiger partial charge is 0.387 e. The van der Waals surface area contributed by atoms with Crippen molar-refractivity contribution in [1.29, 1.82) is 5.26 Å². The van der Waals surface area contributed by atoms with E-state index in [-0.39, 0.29) is 0 Å². The van der Waals surface area contributed by atoms with Crippen LogP contribution in [0.25, 0.3) is 0 Å². The lowest BCUT2D eigenvalue weighted by molar-refractivity contribution is 0.0262. The van der Waals surface area contributed by atoms with Crippen LogP contribution in [0.4, 0.5) is 0 Å². The molecule has 0 amide bonds. The van der Waals surface area contributed by atoms with Crippen LogP contribution in [0.2, 0.25) is 0 Å². The Bertz CT molecular complexity index is 492. The Hall–Kier alpha value is -1.33. The molecule has 1 aliphatic rings. The Labute approximate surface area is 116 Å². The summed E-state index contributed by atoms with van der Waals surface area (Å²) in [4.78, 5) is 0. The van der Waals surface area contributed by atoms with E-state index in [4.69, 9.17) is 0 Å². The van der Waals surface area contributed by atoms with Crippen LogP contribution in [0, 0.1) is 36.5 Å². The molecule has 0 spiro atoms. The first kappa shape index (κ1) is 14.1. The molecule has 1 N–H and O–H groups in total. The summed E-state index contributed by atoms with van der Waals surface area (Å²) in [6, 6.07) is 8.54. The van der Waals surface area contributed by atoms with Gasteiger partial charge in [-0.25, -0.2) is 0 Å². The van der Waals surface area contributed by atoms with Gasteiger partial charge in [0.05, 0.1) is 17.6 Å². The SMILES string of the molecule is Cc1ccc(C)c(C(O)C2(C#N)CCC(C)CC2)c1. The monoisotopic (exact) mass is 257 g/mol. The number of aryl methyl sites for hydroxylation is 2.